The summed E-state index contributed by atoms with van der Waals surface area (Å²) in [5, 5.41) is 4.14. The highest BCUT2D eigenvalue weighted by atomic mass is 16.5. The van der Waals surface area contributed by atoms with Crippen molar-refractivity contribution in [1.82, 2.24) is 10.1 Å². The topological polar surface area (TPSA) is 77.9 Å². The number of ether oxygens (including phenoxy) is 2. The second-order valence-electron chi connectivity index (χ2n) is 6.71. The van der Waals surface area contributed by atoms with Gasteiger partial charge in [-0.05, 0) is 49.2 Å². The number of carbonyl (C=O) groups is 1. The number of nitrogens with zero attached hydrogens (tertiary/aromatic N) is 2. The molecule has 1 atom stereocenters. The molecule has 1 fully saturated rings. The summed E-state index contributed by atoms with van der Waals surface area (Å²) in [6, 6.07) is 12.7. The highest BCUT2D eigenvalue weighted by Crippen LogP contribution is 2.24. The van der Waals surface area contributed by atoms with Gasteiger partial charge in [-0.2, -0.15) is 0 Å². The summed E-state index contributed by atoms with van der Waals surface area (Å²) >= 11 is 0. The van der Waals surface area contributed by atoms with Crippen molar-refractivity contribution in [3.05, 3.63) is 60.2 Å². The van der Waals surface area contributed by atoms with E-state index in [2.05, 4.69) is 5.16 Å². The zero-order valence-corrected chi connectivity index (χ0v) is 15.7. The molecule has 1 aromatic carbocycles. The number of benzene rings is 1. The van der Waals surface area contributed by atoms with Gasteiger partial charge in [0.05, 0.1) is 26.0 Å². The summed E-state index contributed by atoms with van der Waals surface area (Å²) in [7, 11) is 1.63. The van der Waals surface area contributed by atoms with Crippen molar-refractivity contribution in [2.24, 2.45) is 0 Å². The van der Waals surface area contributed by atoms with Crippen LogP contribution >= 0.6 is 0 Å². The molecule has 7 heteroatoms. The van der Waals surface area contributed by atoms with E-state index in [1.807, 2.05) is 30.3 Å². The van der Waals surface area contributed by atoms with Crippen molar-refractivity contribution < 1.29 is 23.2 Å². The molecule has 146 valence electrons. The van der Waals surface area contributed by atoms with Crippen LogP contribution in [-0.2, 0) is 11.3 Å². The van der Waals surface area contributed by atoms with E-state index < -0.39 is 0 Å². The molecule has 1 unspecified atom stereocenters. The van der Waals surface area contributed by atoms with E-state index in [1.54, 1.807) is 24.1 Å². The molecule has 1 aliphatic heterocycles. The van der Waals surface area contributed by atoms with E-state index in [4.69, 9.17) is 18.4 Å². The molecule has 0 saturated carbocycles. The standard InChI is InChI=1S/C21H22N2O5/c1-25-17-8-6-15(7-9-17)20-12-16(22-28-20)13-23(14-18-4-2-10-26-18)21(24)19-5-3-11-27-19/h3,5-9,11-12,18H,2,4,10,13-14H2,1H3. The number of furan rings is 1. The van der Waals surface area contributed by atoms with Gasteiger partial charge in [-0.25, -0.2) is 0 Å². The van der Waals surface area contributed by atoms with Gasteiger partial charge < -0.3 is 23.3 Å². The molecule has 4 rings (SSSR count). The van der Waals surface area contributed by atoms with Gasteiger partial charge in [-0.3, -0.25) is 4.79 Å². The Bertz CT molecular complexity index is 895. The smallest absolute Gasteiger partial charge is 0.289 e. The number of hydrogen-bond acceptors (Lipinski definition) is 6. The molecule has 7 nitrogen and oxygen atoms in total. The summed E-state index contributed by atoms with van der Waals surface area (Å²) in [5.41, 5.74) is 1.56. The Morgan fingerprint density at radius 2 is 2.14 bits per heavy atom. The highest BCUT2D eigenvalue weighted by Gasteiger charge is 2.26. The molecule has 1 saturated heterocycles. The normalized spacial score (nSPS) is 16.2. The van der Waals surface area contributed by atoms with Crippen LogP contribution in [0, 0.1) is 0 Å². The molecule has 0 radical (unpaired) electrons. The number of rotatable bonds is 7. The molecular formula is C21H22N2O5. The van der Waals surface area contributed by atoms with Gasteiger partial charge in [-0.1, -0.05) is 5.16 Å². The van der Waals surface area contributed by atoms with E-state index in [1.165, 1.54) is 6.26 Å². The number of hydrogen-bond donors (Lipinski definition) is 0. The fourth-order valence-corrected chi connectivity index (χ4v) is 3.28. The second kappa shape index (κ2) is 8.31. The van der Waals surface area contributed by atoms with E-state index in [-0.39, 0.29) is 12.0 Å². The van der Waals surface area contributed by atoms with E-state index in [0.29, 0.717) is 30.3 Å². The van der Waals surface area contributed by atoms with Crippen LogP contribution in [0.25, 0.3) is 11.3 Å². The summed E-state index contributed by atoms with van der Waals surface area (Å²) in [4.78, 5) is 14.5. The van der Waals surface area contributed by atoms with Crippen LogP contribution in [0.5, 0.6) is 5.75 Å². The number of aromatic nitrogens is 1. The maximum Gasteiger partial charge on any atom is 0.289 e. The molecular weight excluding hydrogens is 360 g/mol. The molecule has 1 aliphatic rings. The summed E-state index contributed by atoms with van der Waals surface area (Å²) in [6.45, 7) is 1.54. The first-order chi connectivity index (χ1) is 13.7. The lowest BCUT2D eigenvalue weighted by Crippen LogP contribution is -2.36. The number of methoxy groups -OCH3 is 1. The highest BCUT2D eigenvalue weighted by molar-refractivity contribution is 5.91. The fraction of sp³-hybridized carbons (Fsp3) is 0.333. The molecule has 3 heterocycles. The van der Waals surface area contributed by atoms with Crippen LogP contribution in [-0.4, -0.2) is 42.3 Å². The van der Waals surface area contributed by atoms with Crippen molar-refractivity contribution in [3.63, 3.8) is 0 Å². The Labute approximate surface area is 162 Å². The molecule has 1 amide bonds. The minimum absolute atomic E-state index is 0.0341. The van der Waals surface area contributed by atoms with Gasteiger partial charge >= 0.3 is 0 Å². The number of amides is 1. The maximum atomic E-state index is 12.8. The summed E-state index contributed by atoms with van der Waals surface area (Å²) < 4.78 is 21.7. The first kappa shape index (κ1) is 18.3. The average Bonchev–Trinajstić information content (AvgIpc) is 3.49. The Kier molecular flexibility index (Phi) is 5.43. The van der Waals surface area contributed by atoms with Crippen molar-refractivity contribution >= 4 is 5.91 Å². The quantitative estimate of drug-likeness (QED) is 0.619. The summed E-state index contributed by atoms with van der Waals surface area (Å²) in [6.07, 6.45) is 3.48. The van der Waals surface area contributed by atoms with Crippen LogP contribution in [0.15, 0.2) is 57.7 Å². The van der Waals surface area contributed by atoms with E-state index in [9.17, 15) is 4.79 Å². The van der Waals surface area contributed by atoms with E-state index >= 15 is 0 Å². The van der Waals surface area contributed by atoms with E-state index in [0.717, 1.165) is 30.8 Å². The first-order valence-corrected chi connectivity index (χ1v) is 9.27. The van der Waals surface area contributed by atoms with Crippen LogP contribution in [0.3, 0.4) is 0 Å². The molecule has 28 heavy (non-hydrogen) atoms. The molecule has 0 aliphatic carbocycles. The van der Waals surface area contributed by atoms with Crippen molar-refractivity contribution in [3.8, 4) is 17.1 Å². The lowest BCUT2D eigenvalue weighted by Gasteiger charge is -2.23. The van der Waals surface area contributed by atoms with Gasteiger partial charge in [0.25, 0.3) is 5.91 Å². The van der Waals surface area contributed by atoms with Crippen molar-refractivity contribution in [2.45, 2.75) is 25.5 Å². The van der Waals surface area contributed by atoms with Gasteiger partial charge in [0.2, 0.25) is 0 Å². The lowest BCUT2D eigenvalue weighted by atomic mass is 10.1. The van der Waals surface area contributed by atoms with Crippen molar-refractivity contribution in [1.29, 1.82) is 0 Å². The molecule has 3 aromatic rings. The maximum absolute atomic E-state index is 12.8. The largest absolute Gasteiger partial charge is 0.497 e. The molecule has 0 N–H and O–H groups in total. The van der Waals surface area contributed by atoms with Crippen LogP contribution in [0.1, 0.15) is 29.1 Å². The monoisotopic (exact) mass is 382 g/mol. The van der Waals surface area contributed by atoms with Crippen LogP contribution in [0.4, 0.5) is 0 Å². The Morgan fingerprint density at radius 1 is 1.29 bits per heavy atom. The van der Waals surface area contributed by atoms with Crippen LogP contribution < -0.4 is 4.74 Å². The van der Waals surface area contributed by atoms with Gasteiger partial charge in [0.1, 0.15) is 11.4 Å². The SMILES string of the molecule is COc1ccc(-c2cc(CN(CC3CCCO3)C(=O)c3ccco3)no2)cc1. The third-order valence-electron chi connectivity index (χ3n) is 4.75. The predicted octanol–water partition coefficient (Wildman–Crippen LogP) is 3.76. The zero-order chi connectivity index (χ0) is 19.3. The third kappa shape index (κ3) is 4.09. The van der Waals surface area contributed by atoms with Gasteiger partial charge in [0.15, 0.2) is 11.5 Å². The fourth-order valence-electron chi connectivity index (χ4n) is 3.28. The Balaban J connectivity index is 1.51. The third-order valence-corrected chi connectivity index (χ3v) is 4.75. The predicted molar refractivity (Wildman–Crippen MR) is 101 cm³/mol. The van der Waals surface area contributed by atoms with Crippen LogP contribution in [0.2, 0.25) is 0 Å². The number of carbonyl (C=O) groups excluding carboxylic acids is 1. The lowest BCUT2D eigenvalue weighted by molar-refractivity contribution is 0.0479. The first-order valence-electron chi connectivity index (χ1n) is 9.27. The minimum atomic E-state index is -0.186. The molecule has 0 spiro atoms. The van der Waals surface area contributed by atoms with Gasteiger partial charge in [0, 0.05) is 24.8 Å². The Morgan fingerprint density at radius 3 is 2.82 bits per heavy atom. The van der Waals surface area contributed by atoms with Crippen molar-refractivity contribution in [2.75, 3.05) is 20.3 Å². The minimum Gasteiger partial charge on any atom is -0.497 e. The molecule has 0 bridgehead atoms. The Hall–Kier alpha value is -3.06. The second-order valence-corrected chi connectivity index (χ2v) is 6.71. The molecule has 2 aromatic heterocycles. The van der Waals surface area contributed by atoms with Gasteiger partial charge in [-0.15, -0.1) is 0 Å². The average molecular weight is 382 g/mol. The summed E-state index contributed by atoms with van der Waals surface area (Å²) in [5.74, 6) is 1.53. The zero-order valence-electron chi connectivity index (χ0n) is 15.7.